The van der Waals surface area contributed by atoms with Crippen molar-refractivity contribution in [3.8, 4) is 0 Å². The molecular formula is C15H22N2O. The Morgan fingerprint density at radius 1 is 1.33 bits per heavy atom. The zero-order valence-electron chi connectivity index (χ0n) is 11.3. The Balaban J connectivity index is 2.15. The largest absolute Gasteiger partial charge is 0.327 e. The minimum atomic E-state index is -0.0856. The van der Waals surface area contributed by atoms with Crippen molar-refractivity contribution in [1.82, 2.24) is 0 Å². The van der Waals surface area contributed by atoms with Crippen molar-refractivity contribution in [3.63, 3.8) is 0 Å². The number of rotatable bonds is 3. The molecular weight excluding hydrogens is 224 g/mol. The van der Waals surface area contributed by atoms with Crippen LogP contribution in [0.3, 0.4) is 0 Å². The third-order valence-electron chi connectivity index (χ3n) is 3.59. The van der Waals surface area contributed by atoms with Gasteiger partial charge in [0.15, 0.2) is 0 Å². The Labute approximate surface area is 109 Å². The molecule has 0 fully saturated rings. The predicted octanol–water partition coefficient (Wildman–Crippen LogP) is 2.27. The number of carbonyl (C=O) groups excluding carboxylic acids is 1. The summed E-state index contributed by atoms with van der Waals surface area (Å²) in [6.07, 6.45) is 5.25. The van der Waals surface area contributed by atoms with Crippen LogP contribution in [0.25, 0.3) is 0 Å². The summed E-state index contributed by atoms with van der Waals surface area (Å²) in [6, 6.07) is 6.29. The van der Waals surface area contributed by atoms with Gasteiger partial charge in [-0.25, -0.2) is 0 Å². The van der Waals surface area contributed by atoms with Crippen LogP contribution in [0.2, 0.25) is 0 Å². The molecule has 0 bridgehead atoms. The molecule has 0 saturated carbocycles. The molecule has 1 aromatic rings. The molecule has 0 aromatic heterocycles. The van der Waals surface area contributed by atoms with Gasteiger partial charge in [0.2, 0.25) is 5.91 Å². The van der Waals surface area contributed by atoms with Crippen molar-refractivity contribution < 1.29 is 4.79 Å². The van der Waals surface area contributed by atoms with Gasteiger partial charge in [-0.05, 0) is 55.9 Å². The lowest BCUT2D eigenvalue weighted by Crippen LogP contribution is -2.31. The van der Waals surface area contributed by atoms with Gasteiger partial charge in [-0.3, -0.25) is 4.79 Å². The van der Waals surface area contributed by atoms with Gasteiger partial charge in [0.25, 0.3) is 0 Å². The van der Waals surface area contributed by atoms with Crippen LogP contribution in [0.15, 0.2) is 18.2 Å². The van der Waals surface area contributed by atoms with E-state index < -0.39 is 0 Å². The summed E-state index contributed by atoms with van der Waals surface area (Å²) in [7, 11) is 1.83. The van der Waals surface area contributed by atoms with Crippen molar-refractivity contribution in [1.29, 1.82) is 0 Å². The first-order valence-electron chi connectivity index (χ1n) is 6.72. The first-order valence-corrected chi connectivity index (χ1v) is 6.72. The first-order chi connectivity index (χ1) is 8.58. The lowest BCUT2D eigenvalue weighted by atomic mass is 9.91. The molecule has 1 aromatic carbocycles. The second-order valence-corrected chi connectivity index (χ2v) is 5.29. The van der Waals surface area contributed by atoms with Crippen LogP contribution in [0.1, 0.15) is 37.3 Å². The molecule has 0 saturated heterocycles. The van der Waals surface area contributed by atoms with Gasteiger partial charge in [-0.15, -0.1) is 0 Å². The van der Waals surface area contributed by atoms with E-state index in [1.807, 2.05) is 20.0 Å². The van der Waals surface area contributed by atoms with Crippen molar-refractivity contribution >= 4 is 11.6 Å². The number of fused-ring (bicyclic) bond motifs is 1. The zero-order valence-corrected chi connectivity index (χ0v) is 11.3. The molecule has 1 amide bonds. The van der Waals surface area contributed by atoms with Crippen molar-refractivity contribution in [2.45, 2.75) is 45.1 Å². The Bertz CT molecular complexity index is 440. The average Bonchev–Trinajstić information content (AvgIpc) is 2.36. The quantitative estimate of drug-likeness (QED) is 0.889. The van der Waals surface area contributed by atoms with E-state index in [0.717, 1.165) is 12.1 Å². The average molecular weight is 246 g/mol. The number of hydrogen-bond acceptors (Lipinski definition) is 2. The molecule has 3 nitrogen and oxygen atoms in total. The van der Waals surface area contributed by atoms with Crippen LogP contribution in [-0.4, -0.2) is 19.0 Å². The van der Waals surface area contributed by atoms with Crippen LogP contribution < -0.4 is 10.6 Å². The molecule has 98 valence electrons. The molecule has 2 N–H and O–H groups in total. The fraction of sp³-hybridized carbons (Fsp3) is 0.533. The summed E-state index contributed by atoms with van der Waals surface area (Å²) in [4.78, 5) is 13.7. The molecule has 0 spiro atoms. The summed E-state index contributed by atoms with van der Waals surface area (Å²) < 4.78 is 0. The lowest BCUT2D eigenvalue weighted by Gasteiger charge is -2.22. The second kappa shape index (κ2) is 5.53. The lowest BCUT2D eigenvalue weighted by molar-refractivity contribution is -0.118. The van der Waals surface area contributed by atoms with Gasteiger partial charge in [0, 0.05) is 25.2 Å². The number of aryl methyl sites for hydroxylation is 2. The smallest absolute Gasteiger partial charge is 0.228 e. The third-order valence-corrected chi connectivity index (χ3v) is 3.59. The number of carbonyl (C=O) groups is 1. The zero-order chi connectivity index (χ0) is 13.1. The molecule has 3 heteroatoms. The van der Waals surface area contributed by atoms with Crippen LogP contribution >= 0.6 is 0 Å². The topological polar surface area (TPSA) is 46.3 Å². The van der Waals surface area contributed by atoms with Gasteiger partial charge < -0.3 is 10.6 Å². The van der Waals surface area contributed by atoms with E-state index in [4.69, 9.17) is 5.73 Å². The number of benzene rings is 1. The Kier molecular flexibility index (Phi) is 4.02. The van der Waals surface area contributed by atoms with Gasteiger partial charge in [-0.2, -0.15) is 0 Å². The minimum absolute atomic E-state index is 0.0840. The molecule has 0 radical (unpaired) electrons. The molecule has 0 heterocycles. The molecule has 1 aliphatic carbocycles. The highest BCUT2D eigenvalue weighted by molar-refractivity contribution is 5.93. The van der Waals surface area contributed by atoms with Crippen LogP contribution in [0, 0.1) is 0 Å². The van der Waals surface area contributed by atoms with E-state index in [2.05, 4.69) is 12.1 Å². The van der Waals surface area contributed by atoms with E-state index in [0.29, 0.717) is 6.42 Å². The Hall–Kier alpha value is -1.35. The molecule has 0 aliphatic heterocycles. The summed E-state index contributed by atoms with van der Waals surface area (Å²) in [6.45, 7) is 1.86. The monoisotopic (exact) mass is 246 g/mol. The van der Waals surface area contributed by atoms with Crippen molar-refractivity contribution in [2.24, 2.45) is 5.73 Å². The highest BCUT2D eigenvalue weighted by Gasteiger charge is 2.15. The fourth-order valence-electron chi connectivity index (χ4n) is 2.48. The first kappa shape index (κ1) is 13.1. The Morgan fingerprint density at radius 3 is 2.67 bits per heavy atom. The molecule has 1 aliphatic rings. The summed E-state index contributed by atoms with van der Waals surface area (Å²) in [5, 5.41) is 0. The SMILES string of the molecule is CC(N)CC(=O)N(C)c1ccc2c(c1)CCCC2. The maximum Gasteiger partial charge on any atom is 0.228 e. The minimum Gasteiger partial charge on any atom is -0.327 e. The fourth-order valence-corrected chi connectivity index (χ4v) is 2.48. The standard InChI is InChI=1S/C15H22N2O/c1-11(16)9-15(18)17(2)14-8-7-12-5-3-4-6-13(12)10-14/h7-8,10-11H,3-6,9,16H2,1-2H3. The van der Waals surface area contributed by atoms with E-state index in [9.17, 15) is 4.79 Å². The number of nitrogens with two attached hydrogens (primary N) is 1. The maximum atomic E-state index is 12.0. The molecule has 1 atom stereocenters. The van der Waals surface area contributed by atoms with Gasteiger partial charge in [0.05, 0.1) is 0 Å². The van der Waals surface area contributed by atoms with Crippen LogP contribution in [0.4, 0.5) is 5.69 Å². The summed E-state index contributed by atoms with van der Waals surface area (Å²) >= 11 is 0. The predicted molar refractivity (Wildman–Crippen MR) is 74.8 cm³/mol. The van der Waals surface area contributed by atoms with E-state index in [-0.39, 0.29) is 11.9 Å². The second-order valence-electron chi connectivity index (χ2n) is 5.29. The third kappa shape index (κ3) is 2.91. The van der Waals surface area contributed by atoms with E-state index >= 15 is 0 Å². The molecule has 2 rings (SSSR count). The molecule has 18 heavy (non-hydrogen) atoms. The van der Waals surface area contributed by atoms with Crippen LogP contribution in [-0.2, 0) is 17.6 Å². The highest BCUT2D eigenvalue weighted by Crippen LogP contribution is 2.26. The Morgan fingerprint density at radius 2 is 2.00 bits per heavy atom. The highest BCUT2D eigenvalue weighted by atomic mass is 16.2. The maximum absolute atomic E-state index is 12.0. The summed E-state index contributed by atoms with van der Waals surface area (Å²) in [5.41, 5.74) is 9.50. The normalized spacial score (nSPS) is 15.9. The van der Waals surface area contributed by atoms with Gasteiger partial charge in [0.1, 0.15) is 0 Å². The van der Waals surface area contributed by atoms with Gasteiger partial charge in [-0.1, -0.05) is 6.07 Å². The number of nitrogens with zero attached hydrogens (tertiary/aromatic N) is 1. The van der Waals surface area contributed by atoms with Crippen molar-refractivity contribution in [3.05, 3.63) is 29.3 Å². The number of amides is 1. The van der Waals surface area contributed by atoms with Crippen LogP contribution in [0.5, 0.6) is 0 Å². The summed E-state index contributed by atoms with van der Waals surface area (Å²) in [5.74, 6) is 0.0840. The molecule has 1 unspecified atom stereocenters. The van der Waals surface area contributed by atoms with E-state index in [1.54, 1.807) is 4.90 Å². The number of anilines is 1. The van der Waals surface area contributed by atoms with Gasteiger partial charge >= 0.3 is 0 Å². The van der Waals surface area contributed by atoms with E-state index in [1.165, 1.54) is 30.4 Å². The van der Waals surface area contributed by atoms with Crippen molar-refractivity contribution in [2.75, 3.05) is 11.9 Å². The number of hydrogen-bond donors (Lipinski definition) is 1.